The number of rotatable bonds is 9. The minimum atomic E-state index is -0.0761. The second-order valence-corrected chi connectivity index (χ2v) is 15.8. The van der Waals surface area contributed by atoms with Crippen molar-refractivity contribution in [2.24, 2.45) is 0 Å². The Morgan fingerprint density at radius 2 is 1.07 bits per heavy atom. The summed E-state index contributed by atoms with van der Waals surface area (Å²) in [5, 5.41) is 28.1. The fraction of sp³-hybridized carbons (Fsp3) is 0.273. The molecule has 6 aromatic rings. The average Bonchev–Trinajstić information content (AvgIpc) is 3.55. The monoisotopic (exact) mass is 828 g/mol. The number of carbonyl (C=O) groups excluding carboxylic acids is 2. The van der Waals surface area contributed by atoms with Gasteiger partial charge in [-0.3, -0.25) is 9.59 Å². The summed E-state index contributed by atoms with van der Waals surface area (Å²) in [5.74, 6) is -0.159. The predicted octanol–water partition coefficient (Wildman–Crippen LogP) is 9.82. The maximum atomic E-state index is 12.4. The molecule has 2 amide bonds. The lowest BCUT2D eigenvalue weighted by molar-refractivity contribution is -0.121. The Morgan fingerprint density at radius 1 is 0.679 bits per heavy atom. The van der Waals surface area contributed by atoms with E-state index >= 15 is 0 Å². The van der Waals surface area contributed by atoms with Crippen LogP contribution in [0.25, 0.3) is 21.8 Å². The van der Waals surface area contributed by atoms with E-state index in [9.17, 15) is 19.8 Å². The summed E-state index contributed by atoms with van der Waals surface area (Å²) < 4.78 is 3.86. The van der Waals surface area contributed by atoms with Crippen LogP contribution in [0.15, 0.2) is 72.8 Å². The third-order valence-electron chi connectivity index (χ3n) is 9.51. The predicted molar refractivity (Wildman–Crippen MR) is 237 cm³/mol. The largest absolute Gasteiger partial charge is 0.506 e. The van der Waals surface area contributed by atoms with Gasteiger partial charge >= 0.3 is 0 Å². The lowest BCUT2D eigenvalue weighted by Crippen LogP contribution is -2.31. The van der Waals surface area contributed by atoms with Gasteiger partial charge in [-0.05, 0) is 83.4 Å². The van der Waals surface area contributed by atoms with Crippen LogP contribution in [0.5, 0.6) is 11.5 Å². The fourth-order valence-corrected chi connectivity index (χ4v) is 7.68. The summed E-state index contributed by atoms with van der Waals surface area (Å²) in [6.07, 6.45) is 1.29. The number of phenolic OH excluding ortho intramolecular Hbond substituents is 2. The van der Waals surface area contributed by atoms with Crippen molar-refractivity contribution >= 4 is 91.2 Å². The standard InChI is InChI=1S/2C22H23ClN2O2S/c1-12(2)24-21(27)10-16-14(4)25(19-11-18(23)20(26)9-17(16)19)22(28)15-7-5-13(3)6-8-15;1-4-9-24-21(27)11-16-14(3)25(19-12-18(23)20(26)10-17(16)19)22(28)15-7-5-13(2)6-8-15/h5-9,11-12,26H,10H2,1-4H3,(H,24,27);5-8,10,12,26H,4,9,11H2,1-3H3,(H,24,27). The summed E-state index contributed by atoms with van der Waals surface area (Å²) in [4.78, 5) is 26.0. The topological polar surface area (TPSA) is 109 Å². The number of halogens is 2. The maximum Gasteiger partial charge on any atom is 0.224 e. The van der Waals surface area contributed by atoms with Gasteiger partial charge in [0.1, 0.15) is 21.5 Å². The third-order valence-corrected chi connectivity index (χ3v) is 10.9. The first-order valence-electron chi connectivity index (χ1n) is 18.4. The zero-order valence-corrected chi connectivity index (χ0v) is 35.7. The quantitative estimate of drug-likeness (QED) is 0.108. The van der Waals surface area contributed by atoms with Crippen LogP contribution in [-0.2, 0) is 22.4 Å². The summed E-state index contributed by atoms with van der Waals surface area (Å²) in [5.41, 5.74) is 9.08. The molecule has 292 valence electrons. The van der Waals surface area contributed by atoms with Crippen molar-refractivity contribution in [2.75, 3.05) is 6.54 Å². The molecule has 0 unspecified atom stereocenters. The number of amides is 2. The Labute approximate surface area is 348 Å². The van der Waals surface area contributed by atoms with Crippen LogP contribution < -0.4 is 10.6 Å². The van der Waals surface area contributed by atoms with Crippen molar-refractivity contribution in [1.82, 2.24) is 19.8 Å². The molecule has 0 aliphatic rings. The second kappa shape index (κ2) is 18.0. The number of carbonyl (C=O) groups is 2. The van der Waals surface area contributed by atoms with Crippen LogP contribution in [0.3, 0.4) is 0 Å². The van der Waals surface area contributed by atoms with E-state index in [4.69, 9.17) is 47.6 Å². The molecule has 6 rings (SSSR count). The first-order chi connectivity index (χ1) is 26.5. The molecule has 0 aliphatic carbocycles. The Bertz CT molecular complexity index is 2470. The van der Waals surface area contributed by atoms with Crippen LogP contribution >= 0.6 is 47.6 Å². The molecule has 8 nitrogen and oxygen atoms in total. The number of fused-ring (bicyclic) bond motifs is 2. The maximum absolute atomic E-state index is 12.4. The Hall–Kier alpha value is -4.74. The van der Waals surface area contributed by atoms with Crippen LogP contribution in [0, 0.1) is 27.7 Å². The molecule has 0 spiro atoms. The van der Waals surface area contributed by atoms with Crippen LogP contribution in [0.4, 0.5) is 0 Å². The van der Waals surface area contributed by atoms with Gasteiger partial charge in [-0.1, -0.05) is 114 Å². The number of aromatic hydroxyl groups is 2. The molecule has 0 bridgehead atoms. The number of phenols is 2. The van der Waals surface area contributed by atoms with Crippen molar-refractivity contribution in [3.05, 3.63) is 128 Å². The van der Waals surface area contributed by atoms with E-state index in [0.29, 0.717) is 16.5 Å². The van der Waals surface area contributed by atoms with E-state index in [2.05, 4.69) is 10.6 Å². The number of aromatic nitrogens is 2. The third kappa shape index (κ3) is 9.27. The van der Waals surface area contributed by atoms with Crippen molar-refractivity contribution in [3.63, 3.8) is 0 Å². The Balaban J connectivity index is 0.000000214. The summed E-state index contributed by atoms with van der Waals surface area (Å²) in [6.45, 7) is 14.4. The summed E-state index contributed by atoms with van der Waals surface area (Å²) in [6, 6.07) is 22.7. The van der Waals surface area contributed by atoms with Crippen molar-refractivity contribution in [1.29, 1.82) is 0 Å². The molecule has 0 radical (unpaired) electrons. The minimum absolute atomic E-state index is 0.0113. The molecule has 2 heterocycles. The van der Waals surface area contributed by atoms with E-state index in [1.165, 1.54) is 0 Å². The molecule has 4 N–H and O–H groups in total. The number of nitrogens with one attached hydrogen (secondary N) is 2. The summed E-state index contributed by atoms with van der Waals surface area (Å²) in [7, 11) is 0. The van der Waals surface area contributed by atoms with Crippen molar-refractivity contribution in [2.45, 2.75) is 73.8 Å². The number of benzene rings is 4. The number of thiocarbonyl (C=S) groups is 2. The Kier molecular flexibility index (Phi) is 13.6. The van der Waals surface area contributed by atoms with Gasteiger partial charge in [0.05, 0.1) is 33.9 Å². The van der Waals surface area contributed by atoms with E-state index < -0.39 is 0 Å². The highest BCUT2D eigenvalue weighted by molar-refractivity contribution is 7.81. The highest BCUT2D eigenvalue weighted by Crippen LogP contribution is 2.36. The molecule has 0 aliphatic heterocycles. The molecule has 4 aromatic carbocycles. The molecular weight excluding hydrogens is 784 g/mol. The lowest BCUT2D eigenvalue weighted by atomic mass is 10.1. The van der Waals surface area contributed by atoms with Gasteiger partial charge in [0, 0.05) is 45.9 Å². The van der Waals surface area contributed by atoms with E-state index in [1.54, 1.807) is 24.3 Å². The summed E-state index contributed by atoms with van der Waals surface area (Å²) >= 11 is 23.9. The number of aryl methyl sites for hydroxylation is 2. The molecule has 12 heteroatoms. The number of nitrogens with zero attached hydrogens (tertiary/aromatic N) is 2. The van der Waals surface area contributed by atoms with E-state index in [-0.39, 0.29) is 52.2 Å². The minimum Gasteiger partial charge on any atom is -0.506 e. The highest BCUT2D eigenvalue weighted by atomic mass is 35.5. The molecule has 0 fully saturated rings. The number of hydrogen-bond donors (Lipinski definition) is 4. The average molecular weight is 830 g/mol. The molecule has 0 saturated heterocycles. The zero-order valence-electron chi connectivity index (χ0n) is 32.5. The number of hydrogen-bond acceptors (Lipinski definition) is 6. The molecule has 2 aromatic heterocycles. The molecule has 0 saturated carbocycles. The lowest BCUT2D eigenvalue weighted by Gasteiger charge is -2.12. The fourth-order valence-electron chi connectivity index (χ4n) is 6.62. The molecule has 0 atom stereocenters. The first kappa shape index (κ1) is 42.4. The van der Waals surface area contributed by atoms with Gasteiger partial charge < -0.3 is 30.0 Å². The van der Waals surface area contributed by atoms with Gasteiger partial charge in [-0.15, -0.1) is 0 Å². The van der Waals surface area contributed by atoms with Gasteiger partial charge in [0.15, 0.2) is 0 Å². The molecular formula is C44H46Cl2N4O4S2. The van der Waals surface area contributed by atoms with Gasteiger partial charge in [0.2, 0.25) is 11.8 Å². The first-order valence-corrected chi connectivity index (χ1v) is 19.9. The van der Waals surface area contributed by atoms with Crippen LogP contribution in [0.2, 0.25) is 10.0 Å². The van der Waals surface area contributed by atoms with Crippen LogP contribution in [-0.4, -0.2) is 53.7 Å². The van der Waals surface area contributed by atoms with E-state index in [1.807, 2.05) is 106 Å². The van der Waals surface area contributed by atoms with Gasteiger partial charge in [-0.25, -0.2) is 0 Å². The van der Waals surface area contributed by atoms with Gasteiger partial charge in [0.25, 0.3) is 0 Å². The smallest absolute Gasteiger partial charge is 0.224 e. The Morgan fingerprint density at radius 3 is 1.45 bits per heavy atom. The van der Waals surface area contributed by atoms with Gasteiger partial charge in [-0.2, -0.15) is 0 Å². The zero-order chi connectivity index (χ0) is 41.0. The second-order valence-electron chi connectivity index (χ2n) is 14.2. The SMILES string of the molecule is CCCNC(=O)Cc1c(C)n(C(=S)c2ccc(C)cc2)c2cc(Cl)c(O)cc12.Cc1ccc(C(=S)n2c(C)c(CC(=O)NC(C)C)c3cc(O)c(Cl)cc32)cc1. The van der Waals surface area contributed by atoms with Crippen LogP contribution in [0.1, 0.15) is 72.0 Å². The van der Waals surface area contributed by atoms with E-state index in [0.717, 1.165) is 73.0 Å². The molecule has 56 heavy (non-hydrogen) atoms. The normalized spacial score (nSPS) is 11.1. The highest BCUT2D eigenvalue weighted by Gasteiger charge is 2.23. The van der Waals surface area contributed by atoms with Crippen molar-refractivity contribution in [3.8, 4) is 11.5 Å². The van der Waals surface area contributed by atoms with Crippen molar-refractivity contribution < 1.29 is 19.8 Å².